The van der Waals surface area contributed by atoms with E-state index in [1.54, 1.807) is 15.8 Å². The molecule has 1 aliphatic carbocycles. The van der Waals surface area contributed by atoms with Gasteiger partial charge >= 0.3 is 0 Å². The van der Waals surface area contributed by atoms with Gasteiger partial charge in [-0.2, -0.15) is 5.10 Å². The summed E-state index contributed by atoms with van der Waals surface area (Å²) in [5.74, 6) is 0.415. The fraction of sp³-hybridized carbons (Fsp3) is 0.385. The van der Waals surface area contributed by atoms with E-state index in [-0.39, 0.29) is 25.1 Å². The lowest BCUT2D eigenvalue weighted by molar-refractivity contribution is -0.133. The van der Waals surface area contributed by atoms with Crippen LogP contribution in [-0.4, -0.2) is 73.0 Å². The van der Waals surface area contributed by atoms with Crippen molar-refractivity contribution in [3.8, 4) is 0 Å². The maximum absolute atomic E-state index is 12.9. The average molecular weight is 502 g/mol. The first kappa shape index (κ1) is 24.6. The molecular formula is C26H31N9O2. The second kappa shape index (κ2) is 10.9. The number of nitrogens with zero attached hydrogens (tertiary/aromatic N) is 7. The van der Waals surface area contributed by atoms with Crippen molar-refractivity contribution >= 4 is 24.2 Å². The molecule has 2 aromatic heterocycles. The number of aromatic nitrogens is 5. The van der Waals surface area contributed by atoms with Crippen molar-refractivity contribution in [2.45, 2.75) is 51.7 Å². The number of amides is 1. The van der Waals surface area contributed by atoms with E-state index in [1.165, 1.54) is 11.1 Å². The molecule has 0 fully saturated rings. The highest BCUT2D eigenvalue weighted by atomic mass is 16.3. The number of benzene rings is 1. The van der Waals surface area contributed by atoms with Crippen LogP contribution in [-0.2, 0) is 43.6 Å². The minimum Gasteiger partial charge on any atom is -0.396 e. The minimum atomic E-state index is -0.0437. The molecule has 0 unspecified atom stereocenters. The van der Waals surface area contributed by atoms with Crippen LogP contribution in [0.25, 0.3) is 5.57 Å². The summed E-state index contributed by atoms with van der Waals surface area (Å²) in [6, 6.07) is 8.65. The first-order valence-corrected chi connectivity index (χ1v) is 12.4. The van der Waals surface area contributed by atoms with Crippen LogP contribution in [0.3, 0.4) is 0 Å². The molecular weight excluding hydrogens is 470 g/mol. The molecule has 2 aliphatic rings. The lowest BCUT2D eigenvalue weighted by atomic mass is 10.1. The lowest BCUT2D eigenvalue weighted by Crippen LogP contribution is -2.38. The Morgan fingerprint density at radius 3 is 2.84 bits per heavy atom. The lowest BCUT2D eigenvalue weighted by Gasteiger charge is -2.25. The monoisotopic (exact) mass is 501 g/mol. The zero-order valence-electron chi connectivity index (χ0n) is 20.9. The third-order valence-corrected chi connectivity index (χ3v) is 6.85. The van der Waals surface area contributed by atoms with Gasteiger partial charge in [-0.1, -0.05) is 29.5 Å². The molecule has 11 heteroatoms. The van der Waals surface area contributed by atoms with Gasteiger partial charge in [0, 0.05) is 50.0 Å². The van der Waals surface area contributed by atoms with Gasteiger partial charge in [-0.15, -0.1) is 5.10 Å². The Kier molecular flexibility index (Phi) is 7.22. The van der Waals surface area contributed by atoms with Crippen LogP contribution < -0.4 is 5.32 Å². The Morgan fingerprint density at radius 1 is 1.32 bits per heavy atom. The van der Waals surface area contributed by atoms with Crippen molar-refractivity contribution in [3.63, 3.8) is 0 Å². The first-order chi connectivity index (χ1) is 18.0. The first-order valence-electron chi connectivity index (χ1n) is 12.4. The number of aliphatic hydroxyl groups is 1. The normalized spacial score (nSPS) is 16.0. The number of carbonyl (C=O) groups is 1. The number of H-pyrrole nitrogens is 1. The van der Waals surface area contributed by atoms with Gasteiger partial charge in [-0.3, -0.25) is 14.6 Å². The van der Waals surface area contributed by atoms with Crippen LogP contribution >= 0.6 is 0 Å². The minimum absolute atomic E-state index is 0.0428. The maximum Gasteiger partial charge on any atom is 0.244 e. The van der Waals surface area contributed by atoms with Crippen molar-refractivity contribution in [1.82, 2.24) is 35.4 Å². The smallest absolute Gasteiger partial charge is 0.244 e. The van der Waals surface area contributed by atoms with E-state index in [4.69, 9.17) is 0 Å². The van der Waals surface area contributed by atoms with Crippen LogP contribution in [0.4, 0.5) is 0 Å². The largest absolute Gasteiger partial charge is 0.396 e. The summed E-state index contributed by atoms with van der Waals surface area (Å²) in [6.07, 6.45) is 6.47. The molecule has 0 spiro atoms. The Morgan fingerprint density at radius 2 is 2.11 bits per heavy atom. The number of aromatic amines is 1. The number of hydrogen-bond donors (Lipinski definition) is 3. The summed E-state index contributed by atoms with van der Waals surface area (Å²) in [5.41, 5.74) is 6.87. The van der Waals surface area contributed by atoms with Gasteiger partial charge in [0.25, 0.3) is 0 Å². The Hall–Kier alpha value is -4.12. The Bertz CT molecular complexity index is 1330. The number of guanidine groups is 1. The predicted octanol–water partition coefficient (Wildman–Crippen LogP) is 1.30. The summed E-state index contributed by atoms with van der Waals surface area (Å²) in [7, 11) is 0. The predicted molar refractivity (Wildman–Crippen MR) is 140 cm³/mol. The average Bonchev–Trinajstić information content (AvgIpc) is 3.64. The molecule has 37 heavy (non-hydrogen) atoms. The van der Waals surface area contributed by atoms with E-state index in [2.05, 4.69) is 66.8 Å². The topological polar surface area (TPSA) is 137 Å². The summed E-state index contributed by atoms with van der Waals surface area (Å²) < 4.78 is 1.63. The zero-order chi connectivity index (χ0) is 25.8. The Balaban J connectivity index is 1.27. The fourth-order valence-corrected chi connectivity index (χ4v) is 4.91. The highest BCUT2D eigenvalue weighted by Crippen LogP contribution is 2.22. The number of nitrogens with one attached hydrogen (secondary N) is 2. The molecule has 1 amide bonds. The van der Waals surface area contributed by atoms with Crippen molar-refractivity contribution in [2.75, 3.05) is 13.2 Å². The third-order valence-electron chi connectivity index (χ3n) is 6.85. The van der Waals surface area contributed by atoms with Gasteiger partial charge in [0.15, 0.2) is 0 Å². The highest BCUT2D eigenvalue weighted by molar-refractivity contribution is 5.85. The number of aliphatic hydroxyl groups excluding tert-OH is 1. The fourth-order valence-electron chi connectivity index (χ4n) is 4.91. The molecule has 5 rings (SSSR count). The van der Waals surface area contributed by atoms with Crippen LogP contribution in [0.15, 0.2) is 46.6 Å². The maximum atomic E-state index is 12.9. The molecule has 0 bridgehead atoms. The molecule has 0 atom stereocenters. The third kappa shape index (κ3) is 5.51. The van der Waals surface area contributed by atoms with Gasteiger partial charge in [0.1, 0.15) is 12.2 Å². The van der Waals surface area contributed by atoms with E-state index in [0.29, 0.717) is 37.6 Å². The van der Waals surface area contributed by atoms with E-state index in [1.807, 2.05) is 13.1 Å². The molecule has 0 saturated heterocycles. The summed E-state index contributed by atoms with van der Waals surface area (Å²) in [6.45, 7) is 6.70. The number of allylic oxidation sites excluding steroid dienone is 1. The van der Waals surface area contributed by atoms with E-state index < -0.39 is 0 Å². The van der Waals surface area contributed by atoms with Crippen molar-refractivity contribution in [1.29, 1.82) is 0 Å². The van der Waals surface area contributed by atoms with Crippen molar-refractivity contribution in [3.05, 3.63) is 70.4 Å². The molecule has 0 radical (unpaired) electrons. The van der Waals surface area contributed by atoms with Gasteiger partial charge in [0.05, 0.1) is 17.9 Å². The molecule has 1 aromatic carbocycles. The number of aliphatic imine (C=N–C) groups is 2. The van der Waals surface area contributed by atoms with Crippen molar-refractivity contribution in [2.24, 2.45) is 9.98 Å². The molecule has 1 aliphatic heterocycles. The highest BCUT2D eigenvalue weighted by Gasteiger charge is 2.24. The summed E-state index contributed by atoms with van der Waals surface area (Å²) in [5, 5.41) is 28.3. The zero-order valence-corrected chi connectivity index (χ0v) is 20.9. The quantitative estimate of drug-likeness (QED) is 0.330. The van der Waals surface area contributed by atoms with E-state index in [9.17, 15) is 9.90 Å². The molecule has 3 aromatic rings. The number of hydrogen-bond acceptors (Lipinski definition) is 6. The van der Waals surface area contributed by atoms with Crippen molar-refractivity contribution < 1.29 is 9.90 Å². The number of carbonyl (C=O) groups excluding carboxylic acids is 1. The SMILES string of the molecule is C=N/C(=N\C=C(/C)c1cn(CC(=O)N2CCc3[nH]nnc3C2)nc1CCO)NC1Cc2ccccc2C1. The summed E-state index contributed by atoms with van der Waals surface area (Å²) in [4.78, 5) is 23.3. The van der Waals surface area contributed by atoms with Crippen LogP contribution in [0.2, 0.25) is 0 Å². The molecule has 3 heterocycles. The van der Waals surface area contributed by atoms with Gasteiger partial charge in [0.2, 0.25) is 11.9 Å². The second-order valence-corrected chi connectivity index (χ2v) is 9.40. The standard InChI is InChI=1S/C26H31N9O2/c1-17(13-28-26(27-2)29-20-11-18-5-3-4-6-19(18)12-20)21-14-35(32-22(21)8-10-36)16-25(37)34-9-7-23-24(15-34)31-33-30-23/h3-6,13-14,20,36H,2,7-12,15-16H2,1H3,(H,28,29)(H,30,31,33)/b17-13+. The number of fused-ring (bicyclic) bond motifs is 2. The Labute approximate surface area is 215 Å². The van der Waals surface area contributed by atoms with Crippen LogP contribution in [0, 0.1) is 0 Å². The summed E-state index contributed by atoms with van der Waals surface area (Å²) >= 11 is 0. The van der Waals surface area contributed by atoms with Crippen LogP contribution in [0.1, 0.15) is 40.7 Å². The van der Waals surface area contributed by atoms with Gasteiger partial charge in [-0.05, 0) is 43.2 Å². The van der Waals surface area contributed by atoms with Gasteiger partial charge < -0.3 is 15.3 Å². The van der Waals surface area contributed by atoms with Gasteiger partial charge in [-0.25, -0.2) is 9.98 Å². The second-order valence-electron chi connectivity index (χ2n) is 9.40. The van der Waals surface area contributed by atoms with E-state index >= 15 is 0 Å². The molecule has 3 N–H and O–H groups in total. The van der Waals surface area contributed by atoms with E-state index in [0.717, 1.165) is 35.4 Å². The molecule has 192 valence electrons. The number of rotatable bonds is 7. The van der Waals surface area contributed by atoms with Crippen LogP contribution in [0.5, 0.6) is 0 Å². The molecule has 11 nitrogen and oxygen atoms in total. The molecule has 0 saturated carbocycles.